The molecule has 3 aromatic rings. The molecule has 168 valence electrons. The minimum Gasteiger partial charge on any atom is -0.349 e. The van der Waals surface area contributed by atoms with Crippen molar-refractivity contribution in [2.24, 2.45) is 0 Å². The molecule has 0 aliphatic heterocycles. The van der Waals surface area contributed by atoms with Crippen LogP contribution < -0.4 is 10.6 Å². The van der Waals surface area contributed by atoms with Crippen LogP contribution in [-0.2, 0) is 6.18 Å². The van der Waals surface area contributed by atoms with Crippen molar-refractivity contribution in [3.8, 4) is 0 Å². The molecule has 4 rings (SSSR count). The largest absolute Gasteiger partial charge is 0.417 e. The summed E-state index contributed by atoms with van der Waals surface area (Å²) >= 11 is 0. The molecule has 32 heavy (non-hydrogen) atoms. The first-order valence-corrected chi connectivity index (χ1v) is 10.5. The van der Waals surface area contributed by atoms with E-state index < -0.39 is 23.2 Å². The van der Waals surface area contributed by atoms with Gasteiger partial charge in [0, 0.05) is 11.7 Å². The molecule has 2 aromatic carbocycles. The van der Waals surface area contributed by atoms with Crippen molar-refractivity contribution in [2.75, 3.05) is 5.32 Å². The molecule has 0 bridgehead atoms. The average Bonchev–Trinajstić information content (AvgIpc) is 3.13. The van der Waals surface area contributed by atoms with Crippen LogP contribution in [0.25, 0.3) is 11.0 Å². The van der Waals surface area contributed by atoms with Gasteiger partial charge in [-0.3, -0.25) is 9.59 Å². The zero-order valence-electron chi connectivity index (χ0n) is 17.5. The highest BCUT2D eigenvalue weighted by Gasteiger charge is 2.35. The molecule has 0 radical (unpaired) electrons. The molecule has 1 aliphatic carbocycles. The molecule has 9 heteroatoms. The number of aromatic nitrogens is 2. The fourth-order valence-corrected chi connectivity index (χ4v) is 4.12. The third-order valence-electron chi connectivity index (χ3n) is 5.62. The maximum atomic E-state index is 13.3. The lowest BCUT2D eigenvalue weighted by Crippen LogP contribution is -2.36. The van der Waals surface area contributed by atoms with E-state index in [1.54, 1.807) is 13.0 Å². The summed E-state index contributed by atoms with van der Waals surface area (Å²) in [6.45, 7) is 1.74. The lowest BCUT2D eigenvalue weighted by molar-refractivity contribution is -0.137. The zero-order chi connectivity index (χ0) is 22.9. The predicted octanol–water partition coefficient (Wildman–Crippen LogP) is 5.20. The molecule has 3 N–H and O–H groups in total. The highest BCUT2D eigenvalue weighted by atomic mass is 19.4. The fraction of sp³-hybridized carbons (Fsp3) is 0.348. The van der Waals surface area contributed by atoms with E-state index in [2.05, 4.69) is 20.6 Å². The monoisotopic (exact) mass is 444 g/mol. The zero-order valence-corrected chi connectivity index (χ0v) is 17.5. The van der Waals surface area contributed by atoms with Gasteiger partial charge in [-0.25, -0.2) is 4.98 Å². The lowest BCUT2D eigenvalue weighted by Gasteiger charge is -2.23. The average molecular weight is 444 g/mol. The van der Waals surface area contributed by atoms with E-state index in [1.165, 1.54) is 18.2 Å². The SMILES string of the molecule is Cc1nc2c(C(=O)NC3CCCCC3)cc(NC(=O)c3ccccc3C(F)(F)F)cc2[nH]1. The van der Waals surface area contributed by atoms with Gasteiger partial charge in [0.15, 0.2) is 0 Å². The third-order valence-corrected chi connectivity index (χ3v) is 5.62. The number of imidazole rings is 1. The Hall–Kier alpha value is -3.36. The highest BCUT2D eigenvalue weighted by Crippen LogP contribution is 2.32. The lowest BCUT2D eigenvalue weighted by atomic mass is 9.95. The van der Waals surface area contributed by atoms with E-state index in [0.29, 0.717) is 16.9 Å². The van der Waals surface area contributed by atoms with E-state index in [0.717, 1.165) is 44.2 Å². The standard InChI is InChI=1S/C23H23F3N4O2/c1-13-27-19-12-15(30-21(31)16-9-5-6-10-18(16)23(24,25)26)11-17(20(19)28-13)22(32)29-14-7-3-2-4-8-14/h5-6,9-12,14H,2-4,7-8H2,1H3,(H,27,28)(H,29,32)(H,30,31). The number of hydrogen-bond donors (Lipinski definition) is 3. The summed E-state index contributed by atoms with van der Waals surface area (Å²) in [5, 5.41) is 5.53. The summed E-state index contributed by atoms with van der Waals surface area (Å²) in [5.41, 5.74) is -0.0863. The van der Waals surface area contributed by atoms with Crippen molar-refractivity contribution in [2.45, 2.75) is 51.2 Å². The number of alkyl halides is 3. The second-order valence-corrected chi connectivity index (χ2v) is 8.05. The summed E-state index contributed by atoms with van der Waals surface area (Å²) in [6, 6.07) is 7.66. The molecule has 1 saturated carbocycles. The molecule has 1 heterocycles. The number of fused-ring (bicyclic) bond motifs is 1. The summed E-state index contributed by atoms with van der Waals surface area (Å²) in [5.74, 6) is -0.648. The molecule has 0 unspecified atom stereocenters. The summed E-state index contributed by atoms with van der Waals surface area (Å²) in [6.07, 6.45) is 0.394. The Balaban J connectivity index is 1.65. The molecule has 0 saturated heterocycles. The number of hydrogen-bond acceptors (Lipinski definition) is 3. The Morgan fingerprint density at radius 3 is 2.47 bits per heavy atom. The first-order chi connectivity index (χ1) is 15.2. The maximum absolute atomic E-state index is 13.3. The molecule has 1 aromatic heterocycles. The molecule has 6 nitrogen and oxygen atoms in total. The van der Waals surface area contributed by atoms with Crippen LogP contribution in [0.3, 0.4) is 0 Å². The third kappa shape index (κ3) is 4.61. The number of benzene rings is 2. The van der Waals surface area contributed by atoms with Crippen LogP contribution in [0.15, 0.2) is 36.4 Å². The molecule has 0 atom stereocenters. The maximum Gasteiger partial charge on any atom is 0.417 e. The van der Waals surface area contributed by atoms with E-state index in [-0.39, 0.29) is 23.2 Å². The second kappa shape index (κ2) is 8.64. The predicted molar refractivity (Wildman–Crippen MR) is 115 cm³/mol. The Morgan fingerprint density at radius 2 is 1.75 bits per heavy atom. The van der Waals surface area contributed by atoms with Crippen LogP contribution in [0.1, 0.15) is 64.2 Å². The van der Waals surface area contributed by atoms with Gasteiger partial charge in [0.25, 0.3) is 11.8 Å². The summed E-state index contributed by atoms with van der Waals surface area (Å²) in [4.78, 5) is 33.1. The van der Waals surface area contributed by atoms with Crippen molar-refractivity contribution >= 4 is 28.5 Å². The van der Waals surface area contributed by atoms with E-state index >= 15 is 0 Å². The van der Waals surface area contributed by atoms with E-state index in [1.807, 2.05) is 0 Å². The molecule has 1 fully saturated rings. The number of aromatic amines is 1. The number of carbonyl (C=O) groups is 2. The first-order valence-electron chi connectivity index (χ1n) is 10.5. The van der Waals surface area contributed by atoms with Crippen LogP contribution in [0.4, 0.5) is 18.9 Å². The molecular weight excluding hydrogens is 421 g/mol. The van der Waals surface area contributed by atoms with Gasteiger partial charge >= 0.3 is 6.18 Å². The van der Waals surface area contributed by atoms with Crippen molar-refractivity contribution in [3.05, 3.63) is 58.9 Å². The molecule has 1 aliphatic rings. The number of aryl methyl sites for hydroxylation is 1. The van der Waals surface area contributed by atoms with E-state index in [4.69, 9.17) is 0 Å². The number of halogens is 3. The van der Waals surface area contributed by atoms with Gasteiger partial charge in [0.2, 0.25) is 0 Å². The molecule has 2 amide bonds. The number of nitrogens with zero attached hydrogens (tertiary/aromatic N) is 1. The number of anilines is 1. The van der Waals surface area contributed by atoms with Gasteiger partial charge < -0.3 is 15.6 Å². The van der Waals surface area contributed by atoms with Crippen LogP contribution in [0, 0.1) is 6.92 Å². The Kier molecular flexibility index (Phi) is 5.90. The van der Waals surface area contributed by atoms with Crippen molar-refractivity contribution < 1.29 is 22.8 Å². The number of H-pyrrole nitrogens is 1. The quantitative estimate of drug-likeness (QED) is 0.517. The van der Waals surface area contributed by atoms with Crippen LogP contribution in [-0.4, -0.2) is 27.8 Å². The van der Waals surface area contributed by atoms with Gasteiger partial charge in [-0.1, -0.05) is 31.4 Å². The van der Waals surface area contributed by atoms with Crippen molar-refractivity contribution in [3.63, 3.8) is 0 Å². The second-order valence-electron chi connectivity index (χ2n) is 8.05. The number of nitrogens with one attached hydrogen (secondary N) is 3. The van der Waals surface area contributed by atoms with Crippen molar-refractivity contribution in [1.29, 1.82) is 0 Å². The number of amides is 2. The Morgan fingerprint density at radius 1 is 1.03 bits per heavy atom. The van der Waals surface area contributed by atoms with Gasteiger partial charge in [0.05, 0.1) is 22.2 Å². The van der Waals surface area contributed by atoms with Gasteiger partial charge in [0.1, 0.15) is 11.3 Å². The van der Waals surface area contributed by atoms with Gasteiger partial charge in [-0.05, 0) is 44.0 Å². The summed E-state index contributed by atoms with van der Waals surface area (Å²) < 4.78 is 39.9. The Labute approximate surface area is 182 Å². The number of rotatable bonds is 4. The topological polar surface area (TPSA) is 86.9 Å². The smallest absolute Gasteiger partial charge is 0.349 e. The van der Waals surface area contributed by atoms with E-state index in [9.17, 15) is 22.8 Å². The molecular formula is C23H23F3N4O2. The molecule has 0 spiro atoms. The fourth-order valence-electron chi connectivity index (χ4n) is 4.12. The minimum absolute atomic E-state index is 0.0725. The van der Waals surface area contributed by atoms with Gasteiger partial charge in [-0.2, -0.15) is 13.2 Å². The first kappa shape index (κ1) is 21.9. The summed E-state index contributed by atoms with van der Waals surface area (Å²) in [7, 11) is 0. The number of carbonyl (C=O) groups excluding carboxylic acids is 2. The van der Waals surface area contributed by atoms with Crippen LogP contribution in [0.5, 0.6) is 0 Å². The minimum atomic E-state index is -4.66. The highest BCUT2D eigenvalue weighted by molar-refractivity contribution is 6.10. The van der Waals surface area contributed by atoms with Crippen LogP contribution >= 0.6 is 0 Å². The van der Waals surface area contributed by atoms with Crippen LogP contribution in [0.2, 0.25) is 0 Å². The van der Waals surface area contributed by atoms with Gasteiger partial charge in [-0.15, -0.1) is 0 Å². The van der Waals surface area contributed by atoms with Crippen molar-refractivity contribution in [1.82, 2.24) is 15.3 Å². The normalized spacial score (nSPS) is 15.0. The Bertz CT molecular complexity index is 1160.